The standard InChI is InChI=1S/C30H39NO12/c1-21(32)40-20-25(34)27-26(35)24(33)17-30(43-27,28(36)38-2)42-16-15-39-14-13-31(18-22-9-5-3-6-10-22)29(37)41-19-23-11-7-4-8-12-23/h3-12,24-27,33-35H,13-20H2,1-2H3/t24-,25-,26-,27?,30-/m1/s1. The number of benzene rings is 2. The van der Waals surface area contributed by atoms with E-state index in [1.807, 2.05) is 60.7 Å². The van der Waals surface area contributed by atoms with Crippen LogP contribution in [0.5, 0.6) is 0 Å². The summed E-state index contributed by atoms with van der Waals surface area (Å²) in [5, 5.41) is 31.2. The van der Waals surface area contributed by atoms with E-state index in [4.69, 9.17) is 28.4 Å². The topological polar surface area (TPSA) is 171 Å². The van der Waals surface area contributed by atoms with Crippen molar-refractivity contribution in [2.75, 3.05) is 40.1 Å². The van der Waals surface area contributed by atoms with Crippen LogP contribution in [0.2, 0.25) is 0 Å². The van der Waals surface area contributed by atoms with E-state index in [1.165, 1.54) is 4.90 Å². The lowest BCUT2D eigenvalue weighted by Crippen LogP contribution is -2.63. The van der Waals surface area contributed by atoms with E-state index in [2.05, 4.69) is 0 Å². The number of hydrogen-bond donors (Lipinski definition) is 3. The molecule has 1 unspecified atom stereocenters. The maximum absolute atomic E-state index is 12.9. The van der Waals surface area contributed by atoms with E-state index in [1.54, 1.807) is 0 Å². The molecule has 3 rings (SSSR count). The molecule has 13 heteroatoms. The zero-order chi connectivity index (χ0) is 31.2. The van der Waals surface area contributed by atoms with Crippen molar-refractivity contribution in [2.45, 2.75) is 56.7 Å². The van der Waals surface area contributed by atoms with Gasteiger partial charge in [0, 0.05) is 26.4 Å². The molecule has 1 aliphatic heterocycles. The van der Waals surface area contributed by atoms with Crippen LogP contribution in [-0.2, 0) is 51.2 Å². The molecule has 1 fully saturated rings. The minimum absolute atomic E-state index is 0.0420. The van der Waals surface area contributed by atoms with Gasteiger partial charge in [0.05, 0.1) is 33.0 Å². The van der Waals surface area contributed by atoms with Gasteiger partial charge in [-0.3, -0.25) is 4.79 Å². The monoisotopic (exact) mass is 605 g/mol. The summed E-state index contributed by atoms with van der Waals surface area (Å²) in [4.78, 5) is 38.2. The third-order valence-corrected chi connectivity index (χ3v) is 6.62. The summed E-state index contributed by atoms with van der Waals surface area (Å²) >= 11 is 0. The molecule has 2 aromatic carbocycles. The molecule has 0 radical (unpaired) electrons. The van der Waals surface area contributed by atoms with Crippen LogP contribution in [0.15, 0.2) is 60.7 Å². The number of aliphatic hydroxyl groups is 3. The molecule has 43 heavy (non-hydrogen) atoms. The van der Waals surface area contributed by atoms with E-state index in [0.29, 0.717) is 6.54 Å². The molecule has 0 aliphatic carbocycles. The first kappa shape index (κ1) is 33.9. The highest BCUT2D eigenvalue weighted by Gasteiger charge is 2.55. The summed E-state index contributed by atoms with van der Waals surface area (Å²) in [6, 6.07) is 18.7. The number of nitrogens with zero attached hydrogens (tertiary/aromatic N) is 1. The third-order valence-electron chi connectivity index (χ3n) is 6.62. The minimum atomic E-state index is -2.17. The second-order valence-electron chi connectivity index (χ2n) is 9.87. The van der Waals surface area contributed by atoms with Gasteiger partial charge in [-0.1, -0.05) is 60.7 Å². The van der Waals surface area contributed by atoms with Gasteiger partial charge < -0.3 is 48.6 Å². The lowest BCUT2D eigenvalue weighted by atomic mass is 9.92. The smallest absolute Gasteiger partial charge is 0.410 e. The van der Waals surface area contributed by atoms with Gasteiger partial charge in [-0.25, -0.2) is 9.59 Å². The fraction of sp³-hybridized carbons (Fsp3) is 0.500. The van der Waals surface area contributed by atoms with Gasteiger partial charge in [0.15, 0.2) is 0 Å². The Labute approximate surface area is 249 Å². The number of rotatable bonds is 15. The quantitative estimate of drug-likeness (QED) is 0.151. The molecule has 1 heterocycles. The molecule has 236 valence electrons. The van der Waals surface area contributed by atoms with Crippen LogP contribution in [0.4, 0.5) is 4.79 Å². The predicted octanol–water partition coefficient (Wildman–Crippen LogP) is 1.16. The minimum Gasteiger partial charge on any atom is -0.465 e. The predicted molar refractivity (Wildman–Crippen MR) is 149 cm³/mol. The SMILES string of the molecule is COC(=O)[C@@]1(OCCOCCN(Cc2ccccc2)C(=O)OCc2ccccc2)C[C@@H](O)[C@@H](O)C([C@H](O)COC(C)=O)O1. The van der Waals surface area contributed by atoms with Crippen LogP contribution in [0.25, 0.3) is 0 Å². The zero-order valence-corrected chi connectivity index (χ0v) is 24.2. The number of esters is 2. The number of carbonyl (C=O) groups excluding carboxylic acids is 3. The van der Waals surface area contributed by atoms with Crippen LogP contribution < -0.4 is 0 Å². The average molecular weight is 606 g/mol. The third kappa shape index (κ3) is 10.3. The van der Waals surface area contributed by atoms with Gasteiger partial charge in [0.2, 0.25) is 0 Å². The summed E-state index contributed by atoms with van der Waals surface area (Å²) in [5.41, 5.74) is 1.76. The van der Waals surface area contributed by atoms with Gasteiger partial charge in [-0.05, 0) is 11.1 Å². The van der Waals surface area contributed by atoms with Gasteiger partial charge in [0.25, 0.3) is 5.79 Å². The molecule has 2 aromatic rings. The van der Waals surface area contributed by atoms with Crippen LogP contribution in [-0.4, -0.2) is 109 Å². The first-order chi connectivity index (χ1) is 20.6. The number of ether oxygens (including phenoxy) is 6. The van der Waals surface area contributed by atoms with Crippen molar-refractivity contribution in [1.82, 2.24) is 4.90 Å². The molecule has 3 N–H and O–H groups in total. The molecule has 13 nitrogen and oxygen atoms in total. The average Bonchev–Trinajstić information content (AvgIpc) is 3.01. The van der Waals surface area contributed by atoms with Gasteiger partial charge >= 0.3 is 18.0 Å². The number of carbonyl (C=O) groups is 3. The number of amides is 1. The fourth-order valence-electron chi connectivity index (χ4n) is 4.39. The van der Waals surface area contributed by atoms with Crippen molar-refractivity contribution in [3.63, 3.8) is 0 Å². The van der Waals surface area contributed by atoms with E-state index in [-0.39, 0.29) is 33.0 Å². The van der Waals surface area contributed by atoms with E-state index in [0.717, 1.165) is 25.2 Å². The van der Waals surface area contributed by atoms with Gasteiger partial charge in [0.1, 0.15) is 31.5 Å². The number of methoxy groups -OCH3 is 1. The molecular weight excluding hydrogens is 566 g/mol. The van der Waals surface area contributed by atoms with E-state index >= 15 is 0 Å². The summed E-state index contributed by atoms with van der Waals surface area (Å²) in [5.74, 6) is -3.85. The maximum atomic E-state index is 12.9. The normalized spacial score (nSPS) is 22.3. The molecule has 0 saturated carbocycles. The Morgan fingerprint density at radius 2 is 1.63 bits per heavy atom. The molecule has 0 spiro atoms. The lowest BCUT2D eigenvalue weighted by molar-refractivity contribution is -0.326. The Morgan fingerprint density at radius 3 is 2.26 bits per heavy atom. The first-order valence-electron chi connectivity index (χ1n) is 13.8. The molecule has 1 aliphatic rings. The Balaban J connectivity index is 1.55. The first-order valence-corrected chi connectivity index (χ1v) is 13.8. The fourth-order valence-corrected chi connectivity index (χ4v) is 4.39. The number of aliphatic hydroxyl groups excluding tert-OH is 3. The molecule has 0 bridgehead atoms. The molecular formula is C30H39NO12. The summed E-state index contributed by atoms with van der Waals surface area (Å²) in [7, 11) is 1.09. The Hall–Kier alpha value is -3.59. The largest absolute Gasteiger partial charge is 0.465 e. The summed E-state index contributed by atoms with van der Waals surface area (Å²) in [6.07, 6.45) is -7.24. The van der Waals surface area contributed by atoms with Crippen molar-refractivity contribution in [3.8, 4) is 0 Å². The Kier molecular flexibility index (Phi) is 13.3. The molecule has 1 amide bonds. The van der Waals surface area contributed by atoms with Crippen LogP contribution >= 0.6 is 0 Å². The zero-order valence-electron chi connectivity index (χ0n) is 24.2. The molecule has 0 aromatic heterocycles. The van der Waals surface area contributed by atoms with E-state index in [9.17, 15) is 29.7 Å². The van der Waals surface area contributed by atoms with Crippen LogP contribution in [0, 0.1) is 0 Å². The van der Waals surface area contributed by atoms with E-state index < -0.39 is 61.3 Å². The summed E-state index contributed by atoms with van der Waals surface area (Å²) in [6.45, 7) is 1.05. The van der Waals surface area contributed by atoms with Crippen molar-refractivity contribution < 1.29 is 58.1 Å². The molecule has 1 saturated heterocycles. The summed E-state index contributed by atoms with van der Waals surface area (Å²) < 4.78 is 32.0. The Morgan fingerprint density at radius 1 is 0.977 bits per heavy atom. The van der Waals surface area contributed by atoms with Crippen LogP contribution in [0.3, 0.4) is 0 Å². The highest BCUT2D eigenvalue weighted by atomic mass is 16.7. The second kappa shape index (κ2) is 16.9. The van der Waals surface area contributed by atoms with Crippen molar-refractivity contribution >= 4 is 18.0 Å². The highest BCUT2D eigenvalue weighted by molar-refractivity contribution is 5.78. The highest BCUT2D eigenvalue weighted by Crippen LogP contribution is 2.33. The van der Waals surface area contributed by atoms with Crippen molar-refractivity contribution in [1.29, 1.82) is 0 Å². The van der Waals surface area contributed by atoms with Gasteiger partial charge in [-0.15, -0.1) is 0 Å². The van der Waals surface area contributed by atoms with Crippen molar-refractivity contribution in [2.24, 2.45) is 0 Å². The van der Waals surface area contributed by atoms with Crippen LogP contribution in [0.1, 0.15) is 24.5 Å². The molecule has 5 atom stereocenters. The van der Waals surface area contributed by atoms with Crippen molar-refractivity contribution in [3.05, 3.63) is 71.8 Å². The Bertz CT molecular complexity index is 1150. The van der Waals surface area contributed by atoms with Gasteiger partial charge in [-0.2, -0.15) is 0 Å². The lowest BCUT2D eigenvalue weighted by Gasteiger charge is -2.44. The second-order valence-corrected chi connectivity index (χ2v) is 9.87. The number of hydrogen-bond acceptors (Lipinski definition) is 12. The maximum Gasteiger partial charge on any atom is 0.410 e.